The van der Waals surface area contributed by atoms with Crippen LogP contribution in [0.5, 0.6) is 0 Å². The molecular formula is C14H30. The van der Waals surface area contributed by atoms with Crippen LogP contribution in [-0.4, -0.2) is 0 Å². The molecule has 0 aromatic rings. The van der Waals surface area contributed by atoms with Crippen LogP contribution in [0.1, 0.15) is 79.1 Å². The van der Waals surface area contributed by atoms with Crippen molar-refractivity contribution < 1.29 is 0 Å². The molecule has 0 aromatic carbocycles. The van der Waals surface area contributed by atoms with E-state index < -0.39 is 0 Å². The quantitative estimate of drug-likeness (QED) is 0.434. The van der Waals surface area contributed by atoms with Crippen molar-refractivity contribution in [2.75, 3.05) is 0 Å². The molecule has 2 unspecified atom stereocenters. The molecule has 86 valence electrons. The second-order valence-electron chi connectivity index (χ2n) is 5.06. The monoisotopic (exact) mass is 198 g/mol. The minimum atomic E-state index is 0.931. The largest absolute Gasteiger partial charge is 0.0654 e. The van der Waals surface area contributed by atoms with Crippen molar-refractivity contribution in [3.8, 4) is 0 Å². The van der Waals surface area contributed by atoms with Crippen LogP contribution in [0.4, 0.5) is 0 Å². The summed E-state index contributed by atoms with van der Waals surface area (Å²) in [4.78, 5) is 0. The molecule has 0 aromatic heterocycles. The van der Waals surface area contributed by atoms with Crippen molar-refractivity contribution >= 4 is 0 Å². The lowest BCUT2D eigenvalue weighted by atomic mass is 9.91. The zero-order valence-corrected chi connectivity index (χ0v) is 10.8. The van der Waals surface area contributed by atoms with Gasteiger partial charge in [-0.1, -0.05) is 72.6 Å². The van der Waals surface area contributed by atoms with Crippen molar-refractivity contribution in [2.45, 2.75) is 79.1 Å². The molecule has 0 spiro atoms. The highest BCUT2D eigenvalue weighted by Crippen LogP contribution is 2.20. The summed E-state index contributed by atoms with van der Waals surface area (Å²) >= 11 is 0. The predicted octanol–water partition coefficient (Wildman–Crippen LogP) is 5.42. The first-order valence-corrected chi connectivity index (χ1v) is 6.70. The molecule has 0 aliphatic heterocycles. The van der Waals surface area contributed by atoms with E-state index in [1.54, 1.807) is 0 Å². The van der Waals surface area contributed by atoms with Crippen molar-refractivity contribution in [1.29, 1.82) is 0 Å². The van der Waals surface area contributed by atoms with Crippen LogP contribution in [-0.2, 0) is 0 Å². The van der Waals surface area contributed by atoms with Gasteiger partial charge in [0.2, 0.25) is 0 Å². The number of rotatable bonds is 9. The molecule has 0 amide bonds. The van der Waals surface area contributed by atoms with Gasteiger partial charge in [-0.25, -0.2) is 0 Å². The van der Waals surface area contributed by atoms with Crippen LogP contribution in [0.3, 0.4) is 0 Å². The Labute approximate surface area is 91.5 Å². The fourth-order valence-corrected chi connectivity index (χ4v) is 2.07. The van der Waals surface area contributed by atoms with E-state index >= 15 is 0 Å². The Balaban J connectivity index is 3.22. The van der Waals surface area contributed by atoms with E-state index in [9.17, 15) is 0 Å². The van der Waals surface area contributed by atoms with E-state index in [-0.39, 0.29) is 0 Å². The molecule has 14 heavy (non-hydrogen) atoms. The van der Waals surface area contributed by atoms with Crippen molar-refractivity contribution in [1.82, 2.24) is 0 Å². The molecule has 0 heterocycles. The Bertz CT molecular complexity index is 107. The maximum Gasteiger partial charge on any atom is -0.0440 e. The van der Waals surface area contributed by atoms with Crippen LogP contribution < -0.4 is 0 Å². The molecule has 0 rings (SSSR count). The number of hydrogen-bond acceptors (Lipinski definition) is 0. The minimum absolute atomic E-state index is 0.931. The van der Waals surface area contributed by atoms with E-state index in [0.717, 1.165) is 11.8 Å². The van der Waals surface area contributed by atoms with Gasteiger partial charge >= 0.3 is 0 Å². The lowest BCUT2D eigenvalue weighted by Gasteiger charge is -2.15. The first-order valence-electron chi connectivity index (χ1n) is 6.70. The van der Waals surface area contributed by atoms with Gasteiger partial charge in [-0.2, -0.15) is 0 Å². The fraction of sp³-hybridized carbons (Fsp3) is 1.00. The smallest absolute Gasteiger partial charge is 0.0440 e. The third-order valence-corrected chi connectivity index (χ3v) is 3.30. The average molecular weight is 198 g/mol. The van der Waals surface area contributed by atoms with Crippen LogP contribution >= 0.6 is 0 Å². The molecule has 0 nitrogen and oxygen atoms in total. The SMILES string of the molecule is CCCCCCCC(C)CC(C)CC. The number of unbranched alkanes of at least 4 members (excludes halogenated alkanes) is 4. The lowest BCUT2D eigenvalue weighted by molar-refractivity contribution is 0.374. The van der Waals surface area contributed by atoms with Gasteiger partial charge in [-0.3, -0.25) is 0 Å². The van der Waals surface area contributed by atoms with Crippen LogP contribution in [0, 0.1) is 11.8 Å². The summed E-state index contributed by atoms with van der Waals surface area (Å²) in [6.07, 6.45) is 11.4. The molecule has 0 heteroatoms. The van der Waals surface area contributed by atoms with Crippen LogP contribution in [0.15, 0.2) is 0 Å². The van der Waals surface area contributed by atoms with Crippen LogP contribution in [0.2, 0.25) is 0 Å². The van der Waals surface area contributed by atoms with Crippen LogP contribution in [0.25, 0.3) is 0 Å². The Morgan fingerprint density at radius 3 is 2.00 bits per heavy atom. The second kappa shape index (κ2) is 9.55. The van der Waals surface area contributed by atoms with Crippen molar-refractivity contribution in [2.24, 2.45) is 11.8 Å². The third kappa shape index (κ3) is 8.59. The summed E-state index contributed by atoms with van der Waals surface area (Å²) < 4.78 is 0. The summed E-state index contributed by atoms with van der Waals surface area (Å²) in [5.74, 6) is 1.88. The molecule has 0 bridgehead atoms. The van der Waals surface area contributed by atoms with Crippen molar-refractivity contribution in [3.05, 3.63) is 0 Å². The topological polar surface area (TPSA) is 0 Å². The lowest BCUT2D eigenvalue weighted by Crippen LogP contribution is -2.02. The molecule has 2 atom stereocenters. The van der Waals surface area contributed by atoms with Gasteiger partial charge in [-0.05, 0) is 18.3 Å². The zero-order chi connectivity index (χ0) is 10.8. The van der Waals surface area contributed by atoms with E-state index in [1.165, 1.54) is 51.4 Å². The van der Waals surface area contributed by atoms with E-state index in [2.05, 4.69) is 27.7 Å². The zero-order valence-electron chi connectivity index (χ0n) is 10.8. The minimum Gasteiger partial charge on any atom is -0.0654 e. The molecule has 0 radical (unpaired) electrons. The Kier molecular flexibility index (Phi) is 9.55. The Hall–Kier alpha value is 0. The first kappa shape index (κ1) is 14.0. The number of hydrogen-bond donors (Lipinski definition) is 0. The fourth-order valence-electron chi connectivity index (χ4n) is 2.07. The van der Waals surface area contributed by atoms with Gasteiger partial charge in [0.05, 0.1) is 0 Å². The first-order chi connectivity index (χ1) is 6.70. The molecule has 0 aliphatic carbocycles. The van der Waals surface area contributed by atoms with Crippen molar-refractivity contribution in [3.63, 3.8) is 0 Å². The predicted molar refractivity (Wildman–Crippen MR) is 66.6 cm³/mol. The second-order valence-corrected chi connectivity index (χ2v) is 5.06. The maximum absolute atomic E-state index is 2.42. The van der Waals surface area contributed by atoms with E-state index in [1.807, 2.05) is 0 Å². The van der Waals surface area contributed by atoms with Gasteiger partial charge in [0.1, 0.15) is 0 Å². The standard InChI is InChI=1S/C14H30/c1-5-7-8-9-10-11-14(4)12-13(3)6-2/h13-14H,5-12H2,1-4H3. The molecule has 0 saturated carbocycles. The molecule has 0 N–H and O–H groups in total. The highest BCUT2D eigenvalue weighted by molar-refractivity contribution is 4.58. The summed E-state index contributed by atoms with van der Waals surface area (Å²) in [5.41, 5.74) is 0. The molecule has 0 saturated heterocycles. The molecule has 0 fully saturated rings. The average Bonchev–Trinajstić information content (AvgIpc) is 2.17. The highest BCUT2D eigenvalue weighted by Gasteiger charge is 2.06. The Morgan fingerprint density at radius 2 is 1.43 bits per heavy atom. The van der Waals surface area contributed by atoms with Gasteiger partial charge < -0.3 is 0 Å². The highest BCUT2D eigenvalue weighted by atomic mass is 14.1. The van der Waals surface area contributed by atoms with E-state index in [0.29, 0.717) is 0 Å². The maximum atomic E-state index is 2.42. The summed E-state index contributed by atoms with van der Waals surface area (Å²) in [7, 11) is 0. The summed E-state index contributed by atoms with van der Waals surface area (Å²) in [6.45, 7) is 9.39. The van der Waals surface area contributed by atoms with E-state index in [4.69, 9.17) is 0 Å². The Morgan fingerprint density at radius 1 is 0.786 bits per heavy atom. The molecular weight excluding hydrogens is 168 g/mol. The third-order valence-electron chi connectivity index (χ3n) is 3.30. The normalized spacial score (nSPS) is 15.4. The molecule has 0 aliphatic rings. The van der Waals surface area contributed by atoms with Gasteiger partial charge in [0.25, 0.3) is 0 Å². The summed E-state index contributed by atoms with van der Waals surface area (Å²) in [6, 6.07) is 0. The van der Waals surface area contributed by atoms with Gasteiger partial charge in [0, 0.05) is 0 Å². The van der Waals surface area contributed by atoms with Gasteiger partial charge in [-0.15, -0.1) is 0 Å². The summed E-state index contributed by atoms with van der Waals surface area (Å²) in [5, 5.41) is 0. The van der Waals surface area contributed by atoms with Gasteiger partial charge in [0.15, 0.2) is 0 Å².